The minimum absolute atomic E-state index is 0.0259. The van der Waals surface area contributed by atoms with E-state index in [4.69, 9.17) is 9.84 Å². The van der Waals surface area contributed by atoms with Crippen LogP contribution in [0.1, 0.15) is 57.7 Å². The van der Waals surface area contributed by atoms with E-state index in [0.29, 0.717) is 6.61 Å². The van der Waals surface area contributed by atoms with Crippen molar-refractivity contribution >= 4 is 11.9 Å². The second kappa shape index (κ2) is 8.67. The van der Waals surface area contributed by atoms with Crippen molar-refractivity contribution in [1.29, 1.82) is 0 Å². The number of ether oxygens (including phenoxy) is 1. The summed E-state index contributed by atoms with van der Waals surface area (Å²) in [5.74, 6) is -1.26. The third-order valence-electron chi connectivity index (χ3n) is 3.47. The van der Waals surface area contributed by atoms with Crippen LogP contribution in [0.5, 0.6) is 0 Å². The summed E-state index contributed by atoms with van der Waals surface area (Å²) in [5.41, 5.74) is 1.97. The molecule has 0 aliphatic rings. The van der Waals surface area contributed by atoms with E-state index in [9.17, 15) is 9.59 Å². The van der Waals surface area contributed by atoms with Crippen LogP contribution >= 0.6 is 0 Å². The molecule has 0 aromatic heterocycles. The Balaban J connectivity index is 2.81. The largest absolute Gasteiger partial charge is 0.481 e. The maximum atomic E-state index is 11.9. The molecule has 0 bridgehead atoms. The number of benzene rings is 1. The Morgan fingerprint density at radius 2 is 1.83 bits per heavy atom. The highest BCUT2D eigenvalue weighted by Crippen LogP contribution is 2.25. The maximum absolute atomic E-state index is 11.9. The number of nitrogens with one attached hydrogen (secondary N) is 1. The van der Waals surface area contributed by atoms with E-state index in [1.807, 2.05) is 31.2 Å². The van der Waals surface area contributed by atoms with E-state index in [-0.39, 0.29) is 24.3 Å². The molecule has 1 aromatic carbocycles. The van der Waals surface area contributed by atoms with Gasteiger partial charge in [0.25, 0.3) is 0 Å². The topological polar surface area (TPSA) is 75.6 Å². The van der Waals surface area contributed by atoms with E-state index in [1.165, 1.54) is 0 Å². The summed E-state index contributed by atoms with van der Waals surface area (Å²) in [6.45, 7) is 8.76. The van der Waals surface area contributed by atoms with Gasteiger partial charge in [-0.05, 0) is 23.0 Å². The number of carboxylic acids is 1. The van der Waals surface area contributed by atoms with E-state index in [2.05, 4.69) is 26.1 Å². The molecule has 2 N–H and O–H groups in total. The first-order valence-electron chi connectivity index (χ1n) is 7.93. The normalized spacial score (nSPS) is 12.7. The molecule has 0 aliphatic carbocycles. The van der Waals surface area contributed by atoms with Crippen molar-refractivity contribution in [2.45, 2.75) is 52.0 Å². The van der Waals surface area contributed by atoms with Crippen LogP contribution in [0, 0.1) is 0 Å². The summed E-state index contributed by atoms with van der Waals surface area (Å²) in [7, 11) is 0. The summed E-state index contributed by atoms with van der Waals surface area (Å²) in [5, 5.41) is 11.8. The second-order valence-corrected chi connectivity index (χ2v) is 6.64. The first kappa shape index (κ1) is 19.2. The fourth-order valence-electron chi connectivity index (χ4n) is 2.19. The molecule has 23 heavy (non-hydrogen) atoms. The molecule has 0 saturated carbocycles. The molecule has 5 nitrogen and oxygen atoms in total. The molecule has 0 spiro atoms. The number of amides is 1. The van der Waals surface area contributed by atoms with Gasteiger partial charge >= 0.3 is 5.97 Å². The summed E-state index contributed by atoms with van der Waals surface area (Å²) in [4.78, 5) is 22.9. The van der Waals surface area contributed by atoms with E-state index >= 15 is 0 Å². The van der Waals surface area contributed by atoms with Crippen molar-refractivity contribution in [2.75, 3.05) is 13.2 Å². The van der Waals surface area contributed by atoms with Gasteiger partial charge in [0.15, 0.2) is 0 Å². The lowest BCUT2D eigenvalue weighted by Crippen LogP contribution is -2.33. The number of hydrogen-bond donors (Lipinski definition) is 2. The number of carbonyl (C=O) groups is 2. The first-order chi connectivity index (χ1) is 10.7. The molecule has 1 rings (SSSR count). The predicted molar refractivity (Wildman–Crippen MR) is 89.4 cm³/mol. The fraction of sp³-hybridized carbons (Fsp3) is 0.556. The van der Waals surface area contributed by atoms with Gasteiger partial charge in [0.05, 0.1) is 12.5 Å². The van der Waals surface area contributed by atoms with Gasteiger partial charge in [-0.1, -0.05) is 52.0 Å². The summed E-state index contributed by atoms with van der Waals surface area (Å²) in [6, 6.07) is 7.15. The average molecular weight is 321 g/mol. The van der Waals surface area contributed by atoms with Crippen LogP contribution in [0.2, 0.25) is 0 Å². The summed E-state index contributed by atoms with van der Waals surface area (Å²) in [6.07, 6.45) is 0.675. The van der Waals surface area contributed by atoms with Gasteiger partial charge < -0.3 is 15.2 Å². The van der Waals surface area contributed by atoms with Gasteiger partial charge in [0.1, 0.15) is 6.61 Å². The Morgan fingerprint density at radius 3 is 2.30 bits per heavy atom. The average Bonchev–Trinajstić information content (AvgIpc) is 2.45. The van der Waals surface area contributed by atoms with Gasteiger partial charge in [0, 0.05) is 6.61 Å². The highest BCUT2D eigenvalue weighted by atomic mass is 16.5. The molecule has 0 aliphatic heterocycles. The van der Waals surface area contributed by atoms with Crippen LogP contribution in [0.25, 0.3) is 0 Å². The fourth-order valence-corrected chi connectivity index (χ4v) is 2.19. The van der Waals surface area contributed by atoms with Crippen LogP contribution in [0.3, 0.4) is 0 Å². The van der Waals surface area contributed by atoms with E-state index in [1.54, 1.807) is 0 Å². The maximum Gasteiger partial charge on any atom is 0.305 e. The van der Waals surface area contributed by atoms with Gasteiger partial charge in [0.2, 0.25) is 5.91 Å². The van der Waals surface area contributed by atoms with Crippen LogP contribution in [0.4, 0.5) is 0 Å². The number of aliphatic carboxylic acids is 1. The third kappa shape index (κ3) is 6.82. The summed E-state index contributed by atoms with van der Waals surface area (Å²) >= 11 is 0. The predicted octanol–water partition coefficient (Wildman–Crippen LogP) is 3.04. The molecule has 0 radical (unpaired) electrons. The standard InChI is InChI=1S/C18H27NO4/c1-5-10-23-12-16(20)19-15(11-17(21)22)13-6-8-14(9-7-13)18(2,3)4/h6-9,15H,5,10-12H2,1-4H3,(H,19,20)(H,21,22). The zero-order valence-corrected chi connectivity index (χ0v) is 14.4. The quantitative estimate of drug-likeness (QED) is 0.722. The summed E-state index contributed by atoms with van der Waals surface area (Å²) < 4.78 is 5.19. The van der Waals surface area contributed by atoms with Crippen LogP contribution < -0.4 is 5.32 Å². The lowest BCUT2D eigenvalue weighted by Gasteiger charge is -2.22. The Hall–Kier alpha value is -1.88. The van der Waals surface area contributed by atoms with Gasteiger partial charge in [-0.2, -0.15) is 0 Å². The van der Waals surface area contributed by atoms with Gasteiger partial charge in [-0.3, -0.25) is 9.59 Å². The Morgan fingerprint density at radius 1 is 1.22 bits per heavy atom. The van der Waals surface area contributed by atoms with Gasteiger partial charge in [-0.25, -0.2) is 0 Å². The van der Waals surface area contributed by atoms with Crippen molar-refractivity contribution in [3.63, 3.8) is 0 Å². The van der Waals surface area contributed by atoms with Crippen molar-refractivity contribution in [3.05, 3.63) is 35.4 Å². The second-order valence-electron chi connectivity index (χ2n) is 6.64. The lowest BCUT2D eigenvalue weighted by molar-refractivity contribution is -0.138. The molecule has 0 heterocycles. The molecule has 0 fully saturated rings. The van der Waals surface area contributed by atoms with Crippen LogP contribution in [-0.4, -0.2) is 30.2 Å². The molecule has 5 heteroatoms. The number of carbonyl (C=O) groups excluding carboxylic acids is 1. The molecule has 1 amide bonds. The molecule has 1 aromatic rings. The van der Waals surface area contributed by atoms with Crippen molar-refractivity contribution in [1.82, 2.24) is 5.32 Å². The Kier molecular flexibility index (Phi) is 7.23. The monoisotopic (exact) mass is 321 g/mol. The van der Waals surface area contributed by atoms with Crippen molar-refractivity contribution in [2.24, 2.45) is 0 Å². The molecule has 1 unspecified atom stereocenters. The van der Waals surface area contributed by atoms with Gasteiger partial charge in [-0.15, -0.1) is 0 Å². The molecular formula is C18H27NO4. The Bertz CT molecular complexity index is 517. The van der Waals surface area contributed by atoms with Crippen LogP contribution in [-0.2, 0) is 19.7 Å². The third-order valence-corrected chi connectivity index (χ3v) is 3.47. The minimum atomic E-state index is -0.954. The van der Waals surface area contributed by atoms with Crippen LogP contribution in [0.15, 0.2) is 24.3 Å². The molecular weight excluding hydrogens is 294 g/mol. The Labute approximate surface area is 138 Å². The number of rotatable bonds is 8. The smallest absolute Gasteiger partial charge is 0.305 e. The van der Waals surface area contributed by atoms with Crippen molar-refractivity contribution < 1.29 is 19.4 Å². The lowest BCUT2D eigenvalue weighted by atomic mass is 9.86. The zero-order chi connectivity index (χ0) is 17.5. The molecule has 128 valence electrons. The minimum Gasteiger partial charge on any atom is -0.481 e. The highest BCUT2D eigenvalue weighted by molar-refractivity contribution is 5.78. The highest BCUT2D eigenvalue weighted by Gasteiger charge is 2.19. The number of hydrogen-bond acceptors (Lipinski definition) is 3. The van der Waals surface area contributed by atoms with Crippen molar-refractivity contribution in [3.8, 4) is 0 Å². The molecule has 1 atom stereocenters. The molecule has 0 saturated heterocycles. The van der Waals surface area contributed by atoms with E-state index < -0.39 is 12.0 Å². The van der Waals surface area contributed by atoms with E-state index in [0.717, 1.165) is 17.5 Å². The first-order valence-corrected chi connectivity index (χ1v) is 7.93. The SMILES string of the molecule is CCCOCC(=O)NC(CC(=O)O)c1ccc(C(C)(C)C)cc1. The zero-order valence-electron chi connectivity index (χ0n) is 14.4. The number of carboxylic acid groups (broad SMARTS) is 1.